The number of nitrogens with zero attached hydrogens (tertiary/aromatic N) is 2. The molecule has 0 aliphatic heterocycles. The summed E-state index contributed by atoms with van der Waals surface area (Å²) in [5, 5.41) is 2.28. The van der Waals surface area contributed by atoms with Gasteiger partial charge in [0.2, 0.25) is 0 Å². The van der Waals surface area contributed by atoms with Gasteiger partial charge in [-0.05, 0) is 47.0 Å². The van der Waals surface area contributed by atoms with Gasteiger partial charge in [0, 0.05) is 27.6 Å². The highest BCUT2D eigenvalue weighted by Crippen LogP contribution is 2.37. The van der Waals surface area contributed by atoms with E-state index in [1.807, 2.05) is 24.3 Å². The Hall–Kier alpha value is -5.41. The fourth-order valence-electron chi connectivity index (χ4n) is 5.71. The van der Waals surface area contributed by atoms with Crippen LogP contribution >= 0.6 is 0 Å². The third-order valence-electron chi connectivity index (χ3n) is 7.63. The van der Waals surface area contributed by atoms with Crippen LogP contribution in [0.1, 0.15) is 0 Å². The van der Waals surface area contributed by atoms with Crippen LogP contribution in [0.2, 0.25) is 0 Å². The summed E-state index contributed by atoms with van der Waals surface area (Å²) in [5.41, 5.74) is 10.6. The van der Waals surface area contributed by atoms with Crippen LogP contribution in [0.5, 0.6) is 0 Å². The number of imidazole rings is 1. The molecule has 2 aromatic heterocycles. The minimum Gasteiger partial charge on any atom is -0.455 e. The second kappa shape index (κ2) is 9.11. The van der Waals surface area contributed by atoms with Crippen LogP contribution in [0, 0.1) is 0 Å². The summed E-state index contributed by atoms with van der Waals surface area (Å²) < 4.78 is 8.56. The van der Waals surface area contributed by atoms with Gasteiger partial charge in [0.25, 0.3) is 0 Å². The first-order valence-corrected chi connectivity index (χ1v) is 13.5. The van der Waals surface area contributed by atoms with Crippen molar-refractivity contribution in [1.29, 1.82) is 0 Å². The van der Waals surface area contributed by atoms with Gasteiger partial charge in [0.15, 0.2) is 0 Å². The van der Waals surface area contributed by atoms with Crippen molar-refractivity contribution in [2.45, 2.75) is 0 Å². The first-order chi connectivity index (χ1) is 19.8. The van der Waals surface area contributed by atoms with E-state index in [4.69, 9.17) is 9.40 Å². The van der Waals surface area contributed by atoms with Gasteiger partial charge in [0.1, 0.15) is 17.0 Å². The van der Waals surface area contributed by atoms with Gasteiger partial charge in [-0.15, -0.1) is 0 Å². The number of hydrogen-bond donors (Lipinski definition) is 0. The van der Waals surface area contributed by atoms with Crippen LogP contribution in [-0.2, 0) is 0 Å². The van der Waals surface area contributed by atoms with E-state index in [1.54, 1.807) is 0 Å². The quantitative estimate of drug-likeness (QED) is 0.235. The third-order valence-corrected chi connectivity index (χ3v) is 7.63. The van der Waals surface area contributed by atoms with Crippen molar-refractivity contribution in [1.82, 2.24) is 9.55 Å². The standard InChI is InChI=1S/C37H24N2O/c1-2-10-25(11-3-1)28-12-8-13-29(24-28)39-34-18-6-5-17-33(34)38-37(39)27-22-20-26(21-23-27)30-15-9-16-32-31-14-4-7-19-35(31)40-36(30)32/h1-24H. The van der Waals surface area contributed by atoms with Gasteiger partial charge in [-0.3, -0.25) is 4.57 Å². The van der Waals surface area contributed by atoms with E-state index < -0.39 is 0 Å². The molecular weight excluding hydrogens is 488 g/mol. The van der Waals surface area contributed by atoms with E-state index in [0.717, 1.165) is 61.2 Å². The molecule has 2 heterocycles. The molecule has 3 nitrogen and oxygen atoms in total. The smallest absolute Gasteiger partial charge is 0.145 e. The predicted octanol–water partition coefficient (Wildman–Crippen LogP) is 9.93. The minimum atomic E-state index is 0.910. The molecule has 188 valence electrons. The van der Waals surface area contributed by atoms with E-state index in [0.29, 0.717) is 0 Å². The summed E-state index contributed by atoms with van der Waals surface area (Å²) in [4.78, 5) is 5.09. The fourth-order valence-corrected chi connectivity index (χ4v) is 5.71. The summed E-state index contributed by atoms with van der Waals surface area (Å²) in [6.45, 7) is 0. The van der Waals surface area contributed by atoms with Gasteiger partial charge in [-0.1, -0.05) is 115 Å². The first-order valence-electron chi connectivity index (χ1n) is 13.5. The first kappa shape index (κ1) is 22.6. The van der Waals surface area contributed by atoms with E-state index >= 15 is 0 Å². The van der Waals surface area contributed by atoms with Crippen molar-refractivity contribution >= 4 is 33.0 Å². The van der Waals surface area contributed by atoms with Crippen molar-refractivity contribution < 1.29 is 4.42 Å². The van der Waals surface area contributed by atoms with E-state index in [2.05, 4.69) is 126 Å². The Labute approximate surface area is 231 Å². The van der Waals surface area contributed by atoms with Crippen molar-refractivity contribution in [3.8, 4) is 39.3 Å². The van der Waals surface area contributed by atoms with Crippen LogP contribution < -0.4 is 0 Å². The molecular formula is C37H24N2O. The van der Waals surface area contributed by atoms with Gasteiger partial charge >= 0.3 is 0 Å². The van der Waals surface area contributed by atoms with Crippen molar-refractivity contribution in [3.63, 3.8) is 0 Å². The summed E-state index contributed by atoms with van der Waals surface area (Å²) in [6, 6.07) is 50.7. The van der Waals surface area contributed by atoms with Crippen molar-refractivity contribution in [3.05, 3.63) is 146 Å². The maximum Gasteiger partial charge on any atom is 0.145 e. The molecule has 40 heavy (non-hydrogen) atoms. The minimum absolute atomic E-state index is 0.910. The second-order valence-corrected chi connectivity index (χ2v) is 10.0. The van der Waals surface area contributed by atoms with E-state index in [-0.39, 0.29) is 0 Å². The van der Waals surface area contributed by atoms with Gasteiger partial charge < -0.3 is 4.42 Å². The van der Waals surface area contributed by atoms with Crippen LogP contribution in [-0.4, -0.2) is 9.55 Å². The Morgan fingerprint density at radius 2 is 1.20 bits per heavy atom. The second-order valence-electron chi connectivity index (χ2n) is 10.0. The maximum atomic E-state index is 6.30. The maximum absolute atomic E-state index is 6.30. The zero-order valence-corrected chi connectivity index (χ0v) is 21.7. The molecule has 8 aromatic rings. The molecule has 8 rings (SSSR count). The van der Waals surface area contributed by atoms with Gasteiger partial charge in [0.05, 0.1) is 11.0 Å². The molecule has 0 N–H and O–H groups in total. The van der Waals surface area contributed by atoms with E-state index in [1.165, 1.54) is 11.1 Å². The summed E-state index contributed by atoms with van der Waals surface area (Å²) in [6.07, 6.45) is 0. The molecule has 0 saturated heterocycles. The van der Waals surface area contributed by atoms with Crippen LogP contribution in [0.15, 0.2) is 150 Å². The predicted molar refractivity (Wildman–Crippen MR) is 165 cm³/mol. The Morgan fingerprint density at radius 1 is 0.500 bits per heavy atom. The van der Waals surface area contributed by atoms with Crippen LogP contribution in [0.3, 0.4) is 0 Å². The number of furan rings is 1. The lowest BCUT2D eigenvalue weighted by molar-refractivity contribution is 0.670. The Bertz CT molecular complexity index is 2150. The van der Waals surface area contributed by atoms with Gasteiger partial charge in [-0.25, -0.2) is 4.98 Å². The van der Waals surface area contributed by atoms with Crippen LogP contribution in [0.4, 0.5) is 0 Å². The van der Waals surface area contributed by atoms with Crippen molar-refractivity contribution in [2.24, 2.45) is 0 Å². The summed E-state index contributed by atoms with van der Waals surface area (Å²) in [5.74, 6) is 0.917. The molecule has 0 atom stereocenters. The highest BCUT2D eigenvalue weighted by atomic mass is 16.3. The summed E-state index contributed by atoms with van der Waals surface area (Å²) >= 11 is 0. The largest absolute Gasteiger partial charge is 0.455 e. The number of benzene rings is 6. The lowest BCUT2D eigenvalue weighted by Crippen LogP contribution is -1.98. The highest BCUT2D eigenvalue weighted by Gasteiger charge is 2.16. The zero-order valence-electron chi connectivity index (χ0n) is 21.7. The number of aromatic nitrogens is 2. The topological polar surface area (TPSA) is 31.0 Å². The van der Waals surface area contributed by atoms with Gasteiger partial charge in [-0.2, -0.15) is 0 Å². The summed E-state index contributed by atoms with van der Waals surface area (Å²) in [7, 11) is 0. The highest BCUT2D eigenvalue weighted by molar-refractivity contribution is 6.09. The Morgan fingerprint density at radius 3 is 2.10 bits per heavy atom. The number of hydrogen-bond acceptors (Lipinski definition) is 2. The lowest BCUT2D eigenvalue weighted by atomic mass is 10.0. The SMILES string of the molecule is c1ccc(-c2cccc(-n3c(-c4ccc(-c5cccc6c5oc5ccccc56)cc4)nc4ccccc43)c2)cc1. The molecule has 0 saturated carbocycles. The Kier molecular flexibility index (Phi) is 5.14. The Balaban J connectivity index is 1.26. The molecule has 0 spiro atoms. The number of rotatable bonds is 4. The normalized spacial score (nSPS) is 11.5. The molecule has 0 bridgehead atoms. The molecule has 0 aliphatic carbocycles. The molecule has 0 fully saturated rings. The average molecular weight is 513 g/mol. The molecule has 0 aliphatic rings. The molecule has 0 unspecified atom stereocenters. The van der Waals surface area contributed by atoms with Crippen LogP contribution in [0.25, 0.3) is 72.3 Å². The zero-order chi connectivity index (χ0) is 26.5. The lowest BCUT2D eigenvalue weighted by Gasteiger charge is -2.12. The monoisotopic (exact) mass is 512 g/mol. The molecule has 6 aromatic carbocycles. The molecule has 0 amide bonds. The molecule has 3 heteroatoms. The molecule has 0 radical (unpaired) electrons. The van der Waals surface area contributed by atoms with Crippen molar-refractivity contribution in [2.75, 3.05) is 0 Å². The third kappa shape index (κ3) is 3.63. The number of para-hydroxylation sites is 4. The van der Waals surface area contributed by atoms with E-state index in [9.17, 15) is 0 Å². The fraction of sp³-hybridized carbons (Fsp3) is 0. The number of fused-ring (bicyclic) bond motifs is 4. The average Bonchev–Trinajstić information content (AvgIpc) is 3.61.